The van der Waals surface area contributed by atoms with Crippen LogP contribution in [0.2, 0.25) is 5.28 Å². The van der Waals surface area contributed by atoms with Gasteiger partial charge in [-0.05, 0) is 25.4 Å². The molecule has 0 saturated carbocycles. The molecular weight excluding hydrogens is 244 g/mol. The predicted octanol–water partition coefficient (Wildman–Crippen LogP) is 3.07. The summed E-state index contributed by atoms with van der Waals surface area (Å²) in [4.78, 5) is 12.3. The molecule has 0 aliphatic carbocycles. The molecule has 4 nitrogen and oxygen atoms in total. The van der Waals surface area contributed by atoms with Crippen molar-refractivity contribution in [2.24, 2.45) is 0 Å². The Morgan fingerprint density at radius 1 is 1.44 bits per heavy atom. The van der Waals surface area contributed by atoms with Gasteiger partial charge in [0.25, 0.3) is 0 Å². The van der Waals surface area contributed by atoms with Crippen molar-refractivity contribution >= 4 is 28.8 Å². The number of aryl methyl sites for hydroxylation is 1. The van der Waals surface area contributed by atoms with E-state index < -0.39 is 0 Å². The molecule has 0 fully saturated rings. The Kier molecular flexibility index (Phi) is 3.36. The van der Waals surface area contributed by atoms with Crippen molar-refractivity contribution in [2.75, 3.05) is 5.32 Å². The van der Waals surface area contributed by atoms with E-state index in [1.54, 1.807) is 17.5 Å². The van der Waals surface area contributed by atoms with Gasteiger partial charge in [0.1, 0.15) is 10.8 Å². The van der Waals surface area contributed by atoms with E-state index in [-0.39, 0.29) is 11.3 Å². The molecule has 84 valence electrons. The summed E-state index contributed by atoms with van der Waals surface area (Å²) < 4.78 is 0. The van der Waals surface area contributed by atoms with Crippen molar-refractivity contribution < 1.29 is 0 Å². The molecule has 2 rings (SSSR count). The molecular formula is C10H11ClN4S. The lowest BCUT2D eigenvalue weighted by atomic mass is 10.3. The smallest absolute Gasteiger partial charge is 0.224 e. The van der Waals surface area contributed by atoms with E-state index in [0.717, 1.165) is 16.5 Å². The fourth-order valence-corrected chi connectivity index (χ4v) is 2.21. The van der Waals surface area contributed by atoms with Gasteiger partial charge in [-0.25, -0.2) is 15.0 Å². The van der Waals surface area contributed by atoms with E-state index in [2.05, 4.69) is 20.3 Å². The standard InChI is InChI=1S/C10H11ClN4S/c1-6-5-8(15-10(11)13-6)14-7(2)9-12-3-4-16-9/h3-5,7H,1-2H3,(H,13,14,15). The monoisotopic (exact) mass is 254 g/mol. The minimum Gasteiger partial charge on any atom is -0.361 e. The third-order valence-electron chi connectivity index (χ3n) is 2.01. The van der Waals surface area contributed by atoms with Crippen LogP contribution in [0, 0.1) is 6.92 Å². The number of hydrogen-bond donors (Lipinski definition) is 1. The van der Waals surface area contributed by atoms with Crippen molar-refractivity contribution in [3.63, 3.8) is 0 Å². The van der Waals surface area contributed by atoms with Crippen LogP contribution in [0.3, 0.4) is 0 Å². The summed E-state index contributed by atoms with van der Waals surface area (Å²) in [5.41, 5.74) is 0.842. The van der Waals surface area contributed by atoms with Crippen molar-refractivity contribution in [1.82, 2.24) is 15.0 Å². The Morgan fingerprint density at radius 3 is 2.88 bits per heavy atom. The highest BCUT2D eigenvalue weighted by Crippen LogP contribution is 2.20. The van der Waals surface area contributed by atoms with Gasteiger partial charge in [-0.2, -0.15) is 0 Å². The Labute approximate surface area is 103 Å². The SMILES string of the molecule is Cc1cc(NC(C)c2nccs2)nc(Cl)n1. The lowest BCUT2D eigenvalue weighted by Crippen LogP contribution is -2.08. The summed E-state index contributed by atoms with van der Waals surface area (Å²) in [7, 11) is 0. The van der Waals surface area contributed by atoms with E-state index in [4.69, 9.17) is 11.6 Å². The first-order valence-corrected chi connectivity index (χ1v) is 6.08. The van der Waals surface area contributed by atoms with Crippen molar-refractivity contribution in [3.05, 3.63) is 33.6 Å². The van der Waals surface area contributed by atoms with E-state index in [1.807, 2.05) is 25.3 Å². The van der Waals surface area contributed by atoms with Crippen molar-refractivity contribution in [2.45, 2.75) is 19.9 Å². The summed E-state index contributed by atoms with van der Waals surface area (Å²) in [5, 5.41) is 6.47. The molecule has 1 unspecified atom stereocenters. The Balaban J connectivity index is 2.15. The number of rotatable bonds is 3. The number of anilines is 1. The van der Waals surface area contributed by atoms with Crippen LogP contribution in [0.4, 0.5) is 5.82 Å². The molecule has 1 atom stereocenters. The molecule has 2 aromatic heterocycles. The molecule has 0 aliphatic heterocycles. The van der Waals surface area contributed by atoms with Gasteiger partial charge < -0.3 is 5.32 Å². The molecule has 0 bridgehead atoms. The van der Waals surface area contributed by atoms with Gasteiger partial charge in [-0.3, -0.25) is 0 Å². The predicted molar refractivity (Wildman–Crippen MR) is 65.9 cm³/mol. The second-order valence-electron chi connectivity index (χ2n) is 3.40. The minimum atomic E-state index is 0.116. The van der Waals surface area contributed by atoms with Gasteiger partial charge in [0, 0.05) is 23.3 Å². The van der Waals surface area contributed by atoms with Gasteiger partial charge in [-0.15, -0.1) is 11.3 Å². The van der Waals surface area contributed by atoms with Crippen LogP contribution in [-0.2, 0) is 0 Å². The molecule has 2 aromatic rings. The summed E-state index contributed by atoms with van der Waals surface area (Å²) in [6.07, 6.45) is 1.79. The lowest BCUT2D eigenvalue weighted by Gasteiger charge is -2.12. The van der Waals surface area contributed by atoms with Crippen LogP contribution >= 0.6 is 22.9 Å². The number of nitrogens with zero attached hydrogens (tertiary/aromatic N) is 3. The largest absolute Gasteiger partial charge is 0.361 e. The molecule has 16 heavy (non-hydrogen) atoms. The number of hydrogen-bond acceptors (Lipinski definition) is 5. The lowest BCUT2D eigenvalue weighted by molar-refractivity contribution is 0.857. The molecule has 0 saturated heterocycles. The summed E-state index contributed by atoms with van der Waals surface area (Å²) >= 11 is 7.39. The van der Waals surface area contributed by atoms with E-state index in [9.17, 15) is 0 Å². The maximum absolute atomic E-state index is 5.78. The molecule has 0 aliphatic rings. The summed E-state index contributed by atoms with van der Waals surface area (Å²) in [6, 6.07) is 1.97. The number of halogens is 1. The first-order chi connectivity index (χ1) is 7.65. The van der Waals surface area contributed by atoms with Gasteiger partial charge >= 0.3 is 0 Å². The average molecular weight is 255 g/mol. The number of nitrogens with one attached hydrogen (secondary N) is 1. The van der Waals surface area contributed by atoms with Crippen LogP contribution in [0.15, 0.2) is 17.6 Å². The summed E-state index contributed by atoms with van der Waals surface area (Å²) in [5.74, 6) is 0.722. The van der Waals surface area contributed by atoms with Crippen molar-refractivity contribution in [3.8, 4) is 0 Å². The van der Waals surface area contributed by atoms with Crippen LogP contribution in [-0.4, -0.2) is 15.0 Å². The van der Waals surface area contributed by atoms with Gasteiger partial charge in [0.05, 0.1) is 6.04 Å². The summed E-state index contributed by atoms with van der Waals surface area (Å²) in [6.45, 7) is 3.91. The van der Waals surface area contributed by atoms with E-state index in [0.29, 0.717) is 0 Å². The maximum Gasteiger partial charge on any atom is 0.224 e. The highest BCUT2D eigenvalue weighted by Gasteiger charge is 2.09. The molecule has 0 radical (unpaired) electrons. The third-order valence-corrected chi connectivity index (χ3v) is 3.14. The highest BCUT2D eigenvalue weighted by atomic mass is 35.5. The molecule has 0 spiro atoms. The molecule has 0 amide bonds. The highest BCUT2D eigenvalue weighted by molar-refractivity contribution is 7.09. The molecule has 1 N–H and O–H groups in total. The van der Waals surface area contributed by atoms with Crippen LogP contribution in [0.5, 0.6) is 0 Å². The first-order valence-electron chi connectivity index (χ1n) is 4.82. The zero-order valence-corrected chi connectivity index (χ0v) is 10.5. The van der Waals surface area contributed by atoms with E-state index in [1.165, 1.54) is 0 Å². The Hall–Kier alpha value is -1.20. The minimum absolute atomic E-state index is 0.116. The molecule has 0 aromatic carbocycles. The van der Waals surface area contributed by atoms with Crippen molar-refractivity contribution in [1.29, 1.82) is 0 Å². The second kappa shape index (κ2) is 4.76. The topological polar surface area (TPSA) is 50.7 Å². The normalized spacial score (nSPS) is 12.4. The first kappa shape index (κ1) is 11.3. The maximum atomic E-state index is 5.78. The Bertz CT molecular complexity index is 451. The zero-order chi connectivity index (χ0) is 11.5. The van der Waals surface area contributed by atoms with Gasteiger partial charge in [0.2, 0.25) is 5.28 Å². The zero-order valence-electron chi connectivity index (χ0n) is 8.94. The van der Waals surface area contributed by atoms with Crippen LogP contribution < -0.4 is 5.32 Å². The quantitative estimate of drug-likeness (QED) is 0.856. The fourth-order valence-electron chi connectivity index (χ4n) is 1.34. The van der Waals surface area contributed by atoms with Crippen LogP contribution in [0.1, 0.15) is 23.7 Å². The van der Waals surface area contributed by atoms with Gasteiger partial charge in [0.15, 0.2) is 0 Å². The number of thiazole rings is 1. The fraction of sp³-hybridized carbons (Fsp3) is 0.300. The van der Waals surface area contributed by atoms with Crippen LogP contribution in [0.25, 0.3) is 0 Å². The molecule has 2 heterocycles. The van der Waals surface area contributed by atoms with E-state index >= 15 is 0 Å². The third kappa shape index (κ3) is 2.68. The van der Waals surface area contributed by atoms with Gasteiger partial charge in [-0.1, -0.05) is 0 Å². The molecule has 6 heteroatoms. The second-order valence-corrected chi connectivity index (χ2v) is 4.66. The number of aromatic nitrogens is 3. The Morgan fingerprint density at radius 2 is 2.25 bits per heavy atom. The average Bonchev–Trinajstić information content (AvgIpc) is 2.68.